The van der Waals surface area contributed by atoms with Gasteiger partial charge in [0.2, 0.25) is 10.0 Å². The first-order valence-electron chi connectivity index (χ1n) is 7.50. The summed E-state index contributed by atoms with van der Waals surface area (Å²) in [6, 6.07) is 11.7. The zero-order chi connectivity index (χ0) is 18.4. The van der Waals surface area contributed by atoms with Crippen LogP contribution in [0.2, 0.25) is 5.02 Å². The molecule has 2 aromatic rings. The number of carbonyl (C=O) groups excluding carboxylic acids is 1. The highest BCUT2D eigenvalue weighted by molar-refractivity contribution is 7.92. The highest BCUT2D eigenvalue weighted by Crippen LogP contribution is 2.21. The Hall–Kier alpha value is -2.25. The van der Waals surface area contributed by atoms with Gasteiger partial charge in [0.1, 0.15) is 12.4 Å². The number of aryl methyl sites for hydroxylation is 1. The van der Waals surface area contributed by atoms with Crippen LogP contribution in [0.4, 0.5) is 5.69 Å². The van der Waals surface area contributed by atoms with Crippen molar-refractivity contribution in [2.75, 3.05) is 24.1 Å². The predicted molar refractivity (Wildman–Crippen MR) is 98.9 cm³/mol. The molecule has 0 saturated carbocycles. The molecule has 0 aliphatic carbocycles. The van der Waals surface area contributed by atoms with E-state index in [1.807, 2.05) is 13.0 Å². The summed E-state index contributed by atoms with van der Waals surface area (Å²) in [5.41, 5.74) is 1.43. The third kappa shape index (κ3) is 5.95. The normalized spacial score (nSPS) is 11.0. The standard InChI is InChI=1S/C17H19ClN2O4S/c1-12-7-8-13(11-15(12)18)24-10-9-19-17(21)14-5-3-4-6-16(14)20-25(2,22)23/h3-8,11,20H,9-10H2,1-2H3,(H,19,21). The van der Waals surface area contributed by atoms with E-state index in [1.54, 1.807) is 30.3 Å². The summed E-state index contributed by atoms with van der Waals surface area (Å²) in [6.07, 6.45) is 1.03. The molecule has 0 aromatic heterocycles. The van der Waals surface area contributed by atoms with Crippen molar-refractivity contribution in [2.24, 2.45) is 0 Å². The number of hydrogen-bond acceptors (Lipinski definition) is 4. The first kappa shape index (κ1) is 19.1. The van der Waals surface area contributed by atoms with Gasteiger partial charge in [0.25, 0.3) is 5.91 Å². The molecule has 0 atom stereocenters. The molecule has 0 unspecified atom stereocenters. The van der Waals surface area contributed by atoms with Crippen LogP contribution in [0.1, 0.15) is 15.9 Å². The Morgan fingerprint density at radius 3 is 2.60 bits per heavy atom. The lowest BCUT2D eigenvalue weighted by molar-refractivity contribution is 0.0948. The molecule has 0 radical (unpaired) electrons. The average molecular weight is 383 g/mol. The van der Waals surface area contributed by atoms with Gasteiger partial charge in [-0.05, 0) is 36.8 Å². The smallest absolute Gasteiger partial charge is 0.253 e. The largest absolute Gasteiger partial charge is 0.492 e. The second-order valence-electron chi connectivity index (χ2n) is 5.44. The van der Waals surface area contributed by atoms with Crippen molar-refractivity contribution in [2.45, 2.75) is 6.92 Å². The Labute approximate surface area is 152 Å². The fourth-order valence-electron chi connectivity index (χ4n) is 2.06. The molecule has 2 rings (SSSR count). The Kier molecular flexibility index (Phi) is 6.27. The molecule has 8 heteroatoms. The quantitative estimate of drug-likeness (QED) is 0.721. The molecular weight excluding hydrogens is 364 g/mol. The molecule has 0 bridgehead atoms. The first-order valence-corrected chi connectivity index (χ1v) is 9.77. The van der Waals surface area contributed by atoms with Crippen molar-refractivity contribution < 1.29 is 17.9 Å². The molecular formula is C17H19ClN2O4S. The number of rotatable bonds is 7. The molecule has 0 saturated heterocycles. The van der Waals surface area contributed by atoms with Gasteiger partial charge in [-0.25, -0.2) is 8.42 Å². The number of carbonyl (C=O) groups is 1. The minimum atomic E-state index is -3.47. The highest BCUT2D eigenvalue weighted by Gasteiger charge is 2.13. The minimum Gasteiger partial charge on any atom is -0.492 e. The van der Waals surface area contributed by atoms with Crippen LogP contribution in [0.5, 0.6) is 5.75 Å². The van der Waals surface area contributed by atoms with Crippen LogP contribution in [-0.4, -0.2) is 33.7 Å². The minimum absolute atomic E-state index is 0.230. The van der Waals surface area contributed by atoms with Crippen LogP contribution in [0.25, 0.3) is 0 Å². The third-order valence-electron chi connectivity index (χ3n) is 3.27. The van der Waals surface area contributed by atoms with Gasteiger partial charge in [0.05, 0.1) is 24.1 Å². The van der Waals surface area contributed by atoms with Crippen LogP contribution in [0.15, 0.2) is 42.5 Å². The van der Waals surface area contributed by atoms with Gasteiger partial charge in [-0.1, -0.05) is 29.8 Å². The van der Waals surface area contributed by atoms with Crippen LogP contribution in [0.3, 0.4) is 0 Å². The predicted octanol–water partition coefficient (Wildman–Crippen LogP) is 2.83. The van der Waals surface area contributed by atoms with Gasteiger partial charge in [-0.15, -0.1) is 0 Å². The molecule has 0 heterocycles. The first-order chi connectivity index (χ1) is 11.8. The van der Waals surface area contributed by atoms with E-state index in [0.29, 0.717) is 10.8 Å². The van der Waals surface area contributed by atoms with Gasteiger partial charge >= 0.3 is 0 Å². The number of halogens is 1. The van der Waals surface area contributed by atoms with Crippen LogP contribution < -0.4 is 14.8 Å². The van der Waals surface area contributed by atoms with E-state index < -0.39 is 15.9 Å². The maximum Gasteiger partial charge on any atom is 0.253 e. The van der Waals surface area contributed by atoms with Crippen LogP contribution >= 0.6 is 11.6 Å². The fourth-order valence-corrected chi connectivity index (χ4v) is 2.81. The number of benzene rings is 2. The van der Waals surface area contributed by atoms with Gasteiger partial charge in [-0.3, -0.25) is 9.52 Å². The summed E-state index contributed by atoms with van der Waals surface area (Å²) in [6.45, 7) is 2.42. The molecule has 1 amide bonds. The number of anilines is 1. The maximum atomic E-state index is 12.2. The van der Waals surface area contributed by atoms with Crippen molar-refractivity contribution in [1.82, 2.24) is 5.32 Å². The number of hydrogen-bond donors (Lipinski definition) is 2. The van der Waals surface area contributed by atoms with Crippen LogP contribution in [0, 0.1) is 6.92 Å². The molecule has 0 aliphatic rings. The average Bonchev–Trinajstić information content (AvgIpc) is 2.53. The number of ether oxygens (including phenoxy) is 1. The van der Waals surface area contributed by atoms with Crippen molar-refractivity contribution in [3.05, 3.63) is 58.6 Å². The van der Waals surface area contributed by atoms with E-state index in [2.05, 4.69) is 10.0 Å². The number of para-hydroxylation sites is 1. The molecule has 0 fully saturated rings. The van der Waals surface area contributed by atoms with Gasteiger partial charge in [0.15, 0.2) is 0 Å². The third-order valence-corrected chi connectivity index (χ3v) is 4.26. The van der Waals surface area contributed by atoms with Gasteiger partial charge in [-0.2, -0.15) is 0 Å². The summed E-state index contributed by atoms with van der Waals surface area (Å²) < 4.78 is 30.6. The molecule has 0 spiro atoms. The zero-order valence-corrected chi connectivity index (χ0v) is 15.4. The summed E-state index contributed by atoms with van der Waals surface area (Å²) in [5.74, 6) is 0.223. The van der Waals surface area contributed by atoms with Crippen molar-refractivity contribution in [3.8, 4) is 5.75 Å². The lowest BCUT2D eigenvalue weighted by atomic mass is 10.1. The monoisotopic (exact) mass is 382 g/mol. The van der Waals surface area contributed by atoms with E-state index >= 15 is 0 Å². The zero-order valence-electron chi connectivity index (χ0n) is 13.9. The van der Waals surface area contributed by atoms with Crippen molar-refractivity contribution in [1.29, 1.82) is 0 Å². The Bertz CT molecular complexity index is 869. The Morgan fingerprint density at radius 1 is 1.20 bits per heavy atom. The Morgan fingerprint density at radius 2 is 1.92 bits per heavy atom. The highest BCUT2D eigenvalue weighted by atomic mass is 35.5. The van der Waals surface area contributed by atoms with E-state index in [-0.39, 0.29) is 24.4 Å². The molecule has 6 nitrogen and oxygen atoms in total. The van der Waals surface area contributed by atoms with E-state index in [1.165, 1.54) is 6.07 Å². The molecule has 2 N–H and O–H groups in total. The lowest BCUT2D eigenvalue weighted by Crippen LogP contribution is -2.29. The van der Waals surface area contributed by atoms with E-state index in [0.717, 1.165) is 11.8 Å². The number of amides is 1. The second kappa shape index (κ2) is 8.22. The number of nitrogens with one attached hydrogen (secondary N) is 2. The summed E-state index contributed by atoms with van der Waals surface area (Å²) in [7, 11) is -3.47. The summed E-state index contributed by atoms with van der Waals surface area (Å²) in [5, 5.41) is 3.30. The number of sulfonamides is 1. The van der Waals surface area contributed by atoms with Crippen LogP contribution in [-0.2, 0) is 10.0 Å². The van der Waals surface area contributed by atoms with E-state index in [4.69, 9.17) is 16.3 Å². The Balaban J connectivity index is 1.91. The summed E-state index contributed by atoms with van der Waals surface area (Å²) in [4.78, 5) is 12.2. The fraction of sp³-hybridized carbons (Fsp3) is 0.235. The SMILES string of the molecule is Cc1ccc(OCCNC(=O)c2ccccc2NS(C)(=O)=O)cc1Cl. The van der Waals surface area contributed by atoms with Crippen molar-refractivity contribution >= 4 is 33.2 Å². The molecule has 2 aromatic carbocycles. The topological polar surface area (TPSA) is 84.5 Å². The lowest BCUT2D eigenvalue weighted by Gasteiger charge is -2.12. The van der Waals surface area contributed by atoms with Gasteiger partial charge in [0, 0.05) is 5.02 Å². The summed E-state index contributed by atoms with van der Waals surface area (Å²) >= 11 is 6.02. The van der Waals surface area contributed by atoms with E-state index in [9.17, 15) is 13.2 Å². The molecule has 0 aliphatic heterocycles. The maximum absolute atomic E-state index is 12.2. The molecule has 25 heavy (non-hydrogen) atoms. The molecule has 134 valence electrons. The second-order valence-corrected chi connectivity index (χ2v) is 7.59. The van der Waals surface area contributed by atoms with Crippen molar-refractivity contribution in [3.63, 3.8) is 0 Å². The van der Waals surface area contributed by atoms with Gasteiger partial charge < -0.3 is 10.1 Å².